The molecule has 154 valence electrons. The van der Waals surface area contributed by atoms with Gasteiger partial charge in [-0.05, 0) is 42.4 Å². The molecule has 0 spiro atoms. The number of benzene rings is 2. The van der Waals surface area contributed by atoms with Crippen LogP contribution in [-0.4, -0.2) is 23.9 Å². The maximum absolute atomic E-state index is 12.9. The van der Waals surface area contributed by atoms with E-state index in [1.54, 1.807) is 0 Å². The van der Waals surface area contributed by atoms with Crippen molar-refractivity contribution in [3.05, 3.63) is 71.3 Å². The van der Waals surface area contributed by atoms with Crippen LogP contribution in [0.25, 0.3) is 0 Å². The minimum atomic E-state index is -0.548. The van der Waals surface area contributed by atoms with Crippen molar-refractivity contribution < 1.29 is 9.59 Å². The number of carbonyl (C=O) groups excluding carboxylic acids is 2. The van der Waals surface area contributed by atoms with Gasteiger partial charge >= 0.3 is 0 Å². The van der Waals surface area contributed by atoms with Crippen molar-refractivity contribution in [1.82, 2.24) is 16.0 Å². The number of rotatable bonds is 7. The third-order valence-electron chi connectivity index (χ3n) is 5.40. The zero-order valence-corrected chi connectivity index (χ0v) is 17.4. The van der Waals surface area contributed by atoms with Crippen LogP contribution >= 0.6 is 0 Å². The van der Waals surface area contributed by atoms with Crippen LogP contribution in [0.4, 0.5) is 0 Å². The van der Waals surface area contributed by atoms with Crippen molar-refractivity contribution in [2.75, 3.05) is 0 Å². The monoisotopic (exact) mass is 393 g/mol. The van der Waals surface area contributed by atoms with Gasteiger partial charge in [-0.1, -0.05) is 68.4 Å². The lowest BCUT2D eigenvalue weighted by Gasteiger charge is -2.28. The molecule has 3 unspecified atom stereocenters. The first kappa shape index (κ1) is 21.1. The van der Waals surface area contributed by atoms with Gasteiger partial charge in [0.1, 0.15) is 6.04 Å². The first-order chi connectivity index (χ1) is 13.9. The molecule has 0 radical (unpaired) electrons. The van der Waals surface area contributed by atoms with Crippen molar-refractivity contribution in [3.8, 4) is 0 Å². The Morgan fingerprint density at radius 2 is 1.62 bits per heavy atom. The Labute approximate surface area is 173 Å². The average Bonchev–Trinajstić information content (AvgIpc) is 2.73. The summed E-state index contributed by atoms with van der Waals surface area (Å²) in [5.74, 6) is 0.0328. The van der Waals surface area contributed by atoms with Crippen molar-refractivity contribution in [1.29, 1.82) is 0 Å². The van der Waals surface area contributed by atoms with E-state index >= 15 is 0 Å². The summed E-state index contributed by atoms with van der Waals surface area (Å²) in [6.45, 7) is 6.74. The van der Waals surface area contributed by atoms with Crippen LogP contribution in [-0.2, 0) is 22.6 Å². The standard InChI is InChI=1S/C24H31N3O2/c1-16(2)13-22(24(29)26-17(3)18-9-5-4-6-10-18)27-23(28)21-14-19-11-7-8-12-20(19)15-25-21/h4-12,16-17,21-22,25H,13-15H2,1-3H3,(H,26,29)(H,27,28). The Balaban J connectivity index is 1.64. The first-order valence-corrected chi connectivity index (χ1v) is 10.4. The summed E-state index contributed by atoms with van der Waals surface area (Å²) in [5, 5.41) is 9.34. The summed E-state index contributed by atoms with van der Waals surface area (Å²) in [5.41, 5.74) is 3.46. The van der Waals surface area contributed by atoms with E-state index in [1.165, 1.54) is 11.1 Å². The predicted molar refractivity (Wildman–Crippen MR) is 115 cm³/mol. The first-order valence-electron chi connectivity index (χ1n) is 10.4. The molecule has 0 fully saturated rings. The van der Waals surface area contributed by atoms with Crippen molar-refractivity contribution >= 4 is 11.8 Å². The van der Waals surface area contributed by atoms with Gasteiger partial charge in [0, 0.05) is 6.54 Å². The van der Waals surface area contributed by atoms with Gasteiger partial charge in [-0.25, -0.2) is 0 Å². The zero-order valence-electron chi connectivity index (χ0n) is 17.4. The molecule has 0 saturated carbocycles. The second kappa shape index (κ2) is 9.70. The minimum absolute atomic E-state index is 0.116. The molecule has 3 atom stereocenters. The van der Waals surface area contributed by atoms with E-state index in [-0.39, 0.29) is 29.8 Å². The molecule has 1 heterocycles. The van der Waals surface area contributed by atoms with E-state index in [4.69, 9.17) is 0 Å². The van der Waals surface area contributed by atoms with Crippen LogP contribution in [0.5, 0.6) is 0 Å². The normalized spacial score (nSPS) is 17.9. The van der Waals surface area contributed by atoms with Gasteiger partial charge in [0.25, 0.3) is 0 Å². The largest absolute Gasteiger partial charge is 0.348 e. The highest BCUT2D eigenvalue weighted by Gasteiger charge is 2.29. The maximum atomic E-state index is 12.9. The Hall–Kier alpha value is -2.66. The topological polar surface area (TPSA) is 70.2 Å². The molecule has 2 aromatic rings. The van der Waals surface area contributed by atoms with Crippen LogP contribution in [0.15, 0.2) is 54.6 Å². The summed E-state index contributed by atoms with van der Waals surface area (Å²) in [4.78, 5) is 25.8. The van der Waals surface area contributed by atoms with Crippen LogP contribution in [0.2, 0.25) is 0 Å². The fourth-order valence-electron chi connectivity index (χ4n) is 3.75. The molecule has 0 saturated heterocycles. The van der Waals surface area contributed by atoms with Crippen molar-refractivity contribution in [3.63, 3.8) is 0 Å². The molecular formula is C24H31N3O2. The second-order valence-electron chi connectivity index (χ2n) is 8.24. The van der Waals surface area contributed by atoms with Gasteiger partial charge in [0.15, 0.2) is 0 Å². The fraction of sp³-hybridized carbons (Fsp3) is 0.417. The molecule has 29 heavy (non-hydrogen) atoms. The van der Waals surface area contributed by atoms with Crippen molar-refractivity contribution in [2.45, 2.75) is 58.3 Å². The summed E-state index contributed by atoms with van der Waals surface area (Å²) >= 11 is 0. The number of nitrogens with one attached hydrogen (secondary N) is 3. The van der Waals surface area contributed by atoms with Crippen LogP contribution < -0.4 is 16.0 Å². The highest BCUT2D eigenvalue weighted by Crippen LogP contribution is 2.17. The van der Waals surface area contributed by atoms with Gasteiger partial charge in [0.2, 0.25) is 11.8 Å². The van der Waals surface area contributed by atoms with E-state index in [1.807, 2.05) is 49.4 Å². The van der Waals surface area contributed by atoms with E-state index < -0.39 is 6.04 Å². The summed E-state index contributed by atoms with van der Waals surface area (Å²) in [6.07, 6.45) is 1.24. The molecule has 1 aliphatic heterocycles. The third kappa shape index (κ3) is 5.67. The number of hydrogen-bond donors (Lipinski definition) is 3. The number of carbonyl (C=O) groups is 2. The minimum Gasteiger partial charge on any atom is -0.348 e. The number of hydrogen-bond acceptors (Lipinski definition) is 3. The Morgan fingerprint density at radius 3 is 2.31 bits per heavy atom. The molecule has 0 aliphatic carbocycles. The van der Waals surface area contributed by atoms with E-state index in [2.05, 4.69) is 41.9 Å². The average molecular weight is 394 g/mol. The quantitative estimate of drug-likeness (QED) is 0.677. The molecule has 2 aromatic carbocycles. The maximum Gasteiger partial charge on any atom is 0.243 e. The SMILES string of the molecule is CC(C)CC(NC(=O)C1Cc2ccccc2CN1)C(=O)NC(C)c1ccccc1. The van der Waals surface area contributed by atoms with E-state index in [0.717, 1.165) is 5.56 Å². The molecule has 0 aromatic heterocycles. The smallest absolute Gasteiger partial charge is 0.243 e. The van der Waals surface area contributed by atoms with Gasteiger partial charge < -0.3 is 16.0 Å². The Morgan fingerprint density at radius 1 is 0.966 bits per heavy atom. The Kier molecular flexibility index (Phi) is 7.04. The fourth-order valence-corrected chi connectivity index (χ4v) is 3.75. The molecular weight excluding hydrogens is 362 g/mol. The van der Waals surface area contributed by atoms with Crippen LogP contribution in [0.3, 0.4) is 0 Å². The van der Waals surface area contributed by atoms with Crippen LogP contribution in [0.1, 0.15) is 49.9 Å². The number of fused-ring (bicyclic) bond motifs is 1. The second-order valence-corrected chi connectivity index (χ2v) is 8.24. The molecule has 1 aliphatic rings. The molecule has 2 amide bonds. The van der Waals surface area contributed by atoms with Crippen LogP contribution in [0, 0.1) is 5.92 Å². The van der Waals surface area contributed by atoms with Crippen molar-refractivity contribution in [2.24, 2.45) is 5.92 Å². The highest BCUT2D eigenvalue weighted by molar-refractivity contribution is 5.90. The highest BCUT2D eigenvalue weighted by atomic mass is 16.2. The van der Waals surface area contributed by atoms with E-state index in [0.29, 0.717) is 19.4 Å². The summed E-state index contributed by atoms with van der Waals surface area (Å²) in [7, 11) is 0. The van der Waals surface area contributed by atoms with Gasteiger partial charge in [-0.3, -0.25) is 9.59 Å². The van der Waals surface area contributed by atoms with Gasteiger partial charge in [-0.2, -0.15) is 0 Å². The molecule has 0 bridgehead atoms. The zero-order chi connectivity index (χ0) is 20.8. The van der Waals surface area contributed by atoms with Gasteiger partial charge in [0.05, 0.1) is 12.1 Å². The van der Waals surface area contributed by atoms with E-state index in [9.17, 15) is 9.59 Å². The lowest BCUT2D eigenvalue weighted by Crippen LogP contribution is -2.54. The predicted octanol–water partition coefficient (Wildman–Crippen LogP) is 3.11. The Bertz CT molecular complexity index is 835. The van der Waals surface area contributed by atoms with Gasteiger partial charge in [-0.15, -0.1) is 0 Å². The molecule has 3 rings (SSSR count). The lowest BCUT2D eigenvalue weighted by molar-refractivity contribution is -0.130. The lowest BCUT2D eigenvalue weighted by atomic mass is 9.95. The summed E-state index contributed by atoms with van der Waals surface area (Å²) < 4.78 is 0. The molecule has 5 heteroatoms. The molecule has 3 N–H and O–H groups in total. The molecule has 5 nitrogen and oxygen atoms in total. The number of amides is 2. The third-order valence-corrected chi connectivity index (χ3v) is 5.40. The summed E-state index contributed by atoms with van der Waals surface area (Å²) in [6, 6.07) is 17.0.